The van der Waals surface area contributed by atoms with Crippen LogP contribution in [0.1, 0.15) is 17.0 Å². The van der Waals surface area contributed by atoms with Crippen molar-refractivity contribution < 1.29 is 4.79 Å². The van der Waals surface area contributed by atoms with Crippen molar-refractivity contribution >= 4 is 17.7 Å². The number of nitrogens with one attached hydrogen (secondary N) is 2. The summed E-state index contributed by atoms with van der Waals surface area (Å²) < 4.78 is 1.61. The first-order chi connectivity index (χ1) is 16.2. The third kappa shape index (κ3) is 4.97. The number of amides is 1. The highest BCUT2D eigenvalue weighted by atomic mass is 16.2. The van der Waals surface area contributed by atoms with E-state index in [4.69, 9.17) is 0 Å². The van der Waals surface area contributed by atoms with Gasteiger partial charge in [0.15, 0.2) is 0 Å². The molecule has 1 amide bonds. The van der Waals surface area contributed by atoms with Crippen LogP contribution in [-0.4, -0.2) is 69.7 Å². The van der Waals surface area contributed by atoms with Gasteiger partial charge in [-0.1, -0.05) is 42.5 Å². The standard InChI is InChI=1S/C25H28N6O2/c32-24(18-30-15-13-29(14-16-30)12-4-7-19-5-2-1-3-6-19)26-21-9-10-22-20(17-21)8-11-23-27-28-25(33)31(22)23/h1-7,9-10,17H,8,11-16,18H2,(H,26,32)(H,28,33)/b7-4+. The predicted molar refractivity (Wildman–Crippen MR) is 129 cm³/mol. The molecule has 8 heteroatoms. The summed E-state index contributed by atoms with van der Waals surface area (Å²) in [6.45, 7) is 4.97. The molecule has 0 aliphatic carbocycles. The second-order valence-corrected chi connectivity index (χ2v) is 8.56. The van der Waals surface area contributed by atoms with Crippen LogP contribution in [0.25, 0.3) is 11.8 Å². The molecule has 170 valence electrons. The van der Waals surface area contributed by atoms with Crippen molar-refractivity contribution in [3.8, 4) is 5.69 Å². The van der Waals surface area contributed by atoms with E-state index in [1.54, 1.807) is 4.57 Å². The second-order valence-electron chi connectivity index (χ2n) is 8.56. The fourth-order valence-electron chi connectivity index (χ4n) is 4.51. The van der Waals surface area contributed by atoms with Gasteiger partial charge in [-0.2, -0.15) is 5.10 Å². The number of fused-ring (bicyclic) bond motifs is 3. The van der Waals surface area contributed by atoms with Crippen molar-refractivity contribution in [2.75, 3.05) is 44.6 Å². The van der Waals surface area contributed by atoms with E-state index < -0.39 is 0 Å². The smallest absolute Gasteiger partial charge is 0.325 e. The molecule has 1 fully saturated rings. The van der Waals surface area contributed by atoms with Gasteiger partial charge in [0.25, 0.3) is 0 Å². The lowest BCUT2D eigenvalue weighted by atomic mass is 10.0. The van der Waals surface area contributed by atoms with Crippen molar-refractivity contribution in [2.45, 2.75) is 12.8 Å². The Kier molecular flexibility index (Phi) is 6.19. The number of aromatic amines is 1. The fraction of sp³-hybridized carbons (Fsp3) is 0.320. The number of hydrogen-bond donors (Lipinski definition) is 2. The number of H-pyrrole nitrogens is 1. The van der Waals surface area contributed by atoms with Crippen LogP contribution in [0.4, 0.5) is 5.69 Å². The van der Waals surface area contributed by atoms with Crippen LogP contribution in [0.3, 0.4) is 0 Å². The van der Waals surface area contributed by atoms with Gasteiger partial charge in [0.2, 0.25) is 5.91 Å². The summed E-state index contributed by atoms with van der Waals surface area (Å²) >= 11 is 0. The zero-order chi connectivity index (χ0) is 22.6. The number of benzene rings is 2. The molecule has 0 spiro atoms. The molecule has 2 aliphatic heterocycles. The Morgan fingerprint density at radius 2 is 1.82 bits per heavy atom. The van der Waals surface area contributed by atoms with E-state index >= 15 is 0 Å². The van der Waals surface area contributed by atoms with Crippen LogP contribution < -0.4 is 11.0 Å². The number of carbonyl (C=O) groups is 1. The molecule has 1 aromatic heterocycles. The molecule has 2 N–H and O–H groups in total. The summed E-state index contributed by atoms with van der Waals surface area (Å²) in [5.41, 5.74) is 3.64. The third-order valence-electron chi connectivity index (χ3n) is 6.27. The summed E-state index contributed by atoms with van der Waals surface area (Å²) in [6, 6.07) is 16.0. The number of rotatable bonds is 6. The molecule has 5 rings (SSSR count). The van der Waals surface area contributed by atoms with Crippen molar-refractivity contribution in [1.82, 2.24) is 24.6 Å². The summed E-state index contributed by atoms with van der Waals surface area (Å²) in [5.74, 6) is 0.739. The minimum Gasteiger partial charge on any atom is -0.325 e. The van der Waals surface area contributed by atoms with Gasteiger partial charge in [0.1, 0.15) is 5.82 Å². The summed E-state index contributed by atoms with van der Waals surface area (Å²) in [5, 5.41) is 9.60. The predicted octanol–water partition coefficient (Wildman–Crippen LogP) is 1.93. The van der Waals surface area contributed by atoms with E-state index in [-0.39, 0.29) is 11.6 Å². The van der Waals surface area contributed by atoms with Gasteiger partial charge in [-0.05, 0) is 35.7 Å². The minimum atomic E-state index is -0.225. The lowest BCUT2D eigenvalue weighted by Gasteiger charge is -2.33. The number of aryl methyl sites for hydroxylation is 2. The van der Waals surface area contributed by atoms with Crippen molar-refractivity contribution in [3.63, 3.8) is 0 Å². The van der Waals surface area contributed by atoms with Gasteiger partial charge in [0, 0.05) is 44.8 Å². The van der Waals surface area contributed by atoms with Gasteiger partial charge in [-0.15, -0.1) is 0 Å². The third-order valence-corrected chi connectivity index (χ3v) is 6.27. The van der Waals surface area contributed by atoms with E-state index in [1.807, 2.05) is 36.4 Å². The SMILES string of the molecule is O=C(CN1CCN(C/C=C/c2ccccc2)CC1)Nc1ccc2c(c1)CCc1n[nH]c(=O)n1-2. The fourth-order valence-corrected chi connectivity index (χ4v) is 4.51. The van der Waals surface area contributed by atoms with Gasteiger partial charge in [-0.3, -0.25) is 14.6 Å². The highest BCUT2D eigenvalue weighted by Crippen LogP contribution is 2.25. The monoisotopic (exact) mass is 444 g/mol. The maximum Gasteiger partial charge on any atom is 0.347 e. The molecule has 0 saturated carbocycles. The lowest BCUT2D eigenvalue weighted by molar-refractivity contribution is -0.117. The molecule has 3 heterocycles. The van der Waals surface area contributed by atoms with E-state index in [1.165, 1.54) is 5.56 Å². The van der Waals surface area contributed by atoms with Crippen molar-refractivity contribution in [2.24, 2.45) is 0 Å². The first-order valence-electron chi connectivity index (χ1n) is 11.4. The highest BCUT2D eigenvalue weighted by Gasteiger charge is 2.21. The molecule has 0 bridgehead atoms. The maximum atomic E-state index is 12.6. The van der Waals surface area contributed by atoms with Crippen LogP contribution in [-0.2, 0) is 17.6 Å². The van der Waals surface area contributed by atoms with Crippen molar-refractivity contribution in [3.05, 3.63) is 82.0 Å². The van der Waals surface area contributed by atoms with Gasteiger partial charge < -0.3 is 5.32 Å². The molecule has 0 radical (unpaired) electrons. The Hall–Kier alpha value is -3.49. The van der Waals surface area contributed by atoms with Crippen LogP contribution in [0.5, 0.6) is 0 Å². The Labute approximate surface area is 192 Å². The largest absolute Gasteiger partial charge is 0.347 e. The summed E-state index contributed by atoms with van der Waals surface area (Å²) in [4.78, 5) is 29.2. The Morgan fingerprint density at radius 1 is 1.03 bits per heavy atom. The molecule has 8 nitrogen and oxygen atoms in total. The number of aromatic nitrogens is 3. The molecule has 2 aliphatic rings. The van der Waals surface area contributed by atoms with Crippen LogP contribution in [0.2, 0.25) is 0 Å². The molecular weight excluding hydrogens is 416 g/mol. The molecule has 33 heavy (non-hydrogen) atoms. The van der Waals surface area contributed by atoms with Crippen LogP contribution in [0.15, 0.2) is 59.4 Å². The average Bonchev–Trinajstić information content (AvgIpc) is 3.22. The molecular formula is C25H28N6O2. The van der Waals surface area contributed by atoms with E-state index in [9.17, 15) is 9.59 Å². The quantitative estimate of drug-likeness (QED) is 0.607. The Bertz CT molecular complexity index is 1210. The van der Waals surface area contributed by atoms with Crippen molar-refractivity contribution in [1.29, 1.82) is 0 Å². The molecule has 2 aromatic carbocycles. The van der Waals surface area contributed by atoms with Gasteiger partial charge in [-0.25, -0.2) is 14.5 Å². The molecule has 0 atom stereocenters. The zero-order valence-corrected chi connectivity index (χ0v) is 18.5. The molecule has 1 saturated heterocycles. The highest BCUT2D eigenvalue weighted by molar-refractivity contribution is 5.92. The summed E-state index contributed by atoms with van der Waals surface area (Å²) in [7, 11) is 0. The van der Waals surface area contributed by atoms with Crippen LogP contribution >= 0.6 is 0 Å². The molecule has 3 aromatic rings. The van der Waals surface area contributed by atoms with Gasteiger partial charge in [0.05, 0.1) is 12.2 Å². The minimum absolute atomic E-state index is 0.00986. The van der Waals surface area contributed by atoms with E-state index in [0.29, 0.717) is 13.0 Å². The topological polar surface area (TPSA) is 86.3 Å². The van der Waals surface area contributed by atoms with Gasteiger partial charge >= 0.3 is 5.69 Å². The normalized spacial score (nSPS) is 16.5. The first kappa shape index (κ1) is 21.4. The summed E-state index contributed by atoms with van der Waals surface area (Å²) in [6.07, 6.45) is 5.86. The lowest BCUT2D eigenvalue weighted by Crippen LogP contribution is -2.48. The number of carbonyl (C=O) groups excluding carboxylic acids is 1. The number of hydrogen-bond acceptors (Lipinski definition) is 5. The van der Waals surface area contributed by atoms with E-state index in [0.717, 1.165) is 61.9 Å². The Morgan fingerprint density at radius 3 is 2.64 bits per heavy atom. The van der Waals surface area contributed by atoms with Crippen LogP contribution in [0, 0.1) is 0 Å². The number of anilines is 1. The average molecular weight is 445 g/mol. The number of nitrogens with zero attached hydrogens (tertiary/aromatic N) is 4. The zero-order valence-electron chi connectivity index (χ0n) is 18.5. The second kappa shape index (κ2) is 9.56. The van der Waals surface area contributed by atoms with E-state index in [2.05, 4.69) is 49.6 Å². The molecule has 0 unspecified atom stereocenters. The Balaban J connectivity index is 1.10. The number of piperazine rings is 1. The maximum absolute atomic E-state index is 12.6. The first-order valence-corrected chi connectivity index (χ1v) is 11.4.